The third-order valence-electron chi connectivity index (χ3n) is 4.72. The van der Waals surface area contributed by atoms with Crippen LogP contribution in [0.4, 0.5) is 0 Å². The third-order valence-corrected chi connectivity index (χ3v) is 4.72. The fraction of sp³-hybridized carbons (Fsp3) is 0.417. The number of carbonyl (C=O) groups excluding carboxylic acids is 1. The normalized spacial score (nSPS) is 12.1. The van der Waals surface area contributed by atoms with Crippen molar-refractivity contribution in [2.45, 2.75) is 53.3 Å². The Morgan fingerprint density at radius 2 is 1.71 bits per heavy atom. The number of primary amides is 1. The molecule has 1 unspecified atom stereocenters. The van der Waals surface area contributed by atoms with Gasteiger partial charge in [-0.25, -0.2) is 0 Å². The van der Waals surface area contributed by atoms with Crippen molar-refractivity contribution in [3.63, 3.8) is 0 Å². The zero-order valence-corrected chi connectivity index (χ0v) is 21.4. The number of nitrogens with one attached hydrogen (secondary N) is 2. The van der Waals surface area contributed by atoms with Crippen LogP contribution in [0, 0.1) is 12.8 Å². The van der Waals surface area contributed by atoms with E-state index in [1.54, 1.807) is 19.2 Å². The van der Waals surface area contributed by atoms with Crippen LogP contribution in [0.15, 0.2) is 47.5 Å². The van der Waals surface area contributed by atoms with Gasteiger partial charge in [-0.15, -0.1) is 24.0 Å². The average Bonchev–Trinajstić information content (AvgIpc) is 2.69. The molecule has 0 spiro atoms. The number of nitrogens with two attached hydrogens (primary N) is 1. The molecule has 1 atom stereocenters. The van der Waals surface area contributed by atoms with Crippen LogP contribution in [0.2, 0.25) is 0 Å². The molecule has 0 radical (unpaired) electrons. The van der Waals surface area contributed by atoms with E-state index >= 15 is 0 Å². The Labute approximate surface area is 203 Å². The second kappa shape index (κ2) is 13.2. The summed E-state index contributed by atoms with van der Waals surface area (Å²) in [5, 5.41) is 6.63. The highest BCUT2D eigenvalue weighted by atomic mass is 127. The zero-order chi connectivity index (χ0) is 22.1. The Morgan fingerprint density at radius 3 is 2.29 bits per heavy atom. The molecule has 0 saturated carbocycles. The Bertz CT molecular complexity index is 866. The minimum Gasteiger partial charge on any atom is -0.490 e. The molecule has 6 nitrogen and oxygen atoms in total. The van der Waals surface area contributed by atoms with Crippen LogP contribution in [0.5, 0.6) is 5.75 Å². The maximum absolute atomic E-state index is 11.2. The van der Waals surface area contributed by atoms with Crippen LogP contribution < -0.4 is 21.1 Å². The minimum atomic E-state index is -0.425. The predicted molar refractivity (Wildman–Crippen MR) is 138 cm³/mol. The van der Waals surface area contributed by atoms with Gasteiger partial charge in [0.25, 0.3) is 0 Å². The van der Waals surface area contributed by atoms with Crippen molar-refractivity contribution in [2.75, 3.05) is 7.05 Å². The number of halogens is 1. The number of aliphatic imine (C=N–C) groups is 1. The molecule has 170 valence electrons. The summed E-state index contributed by atoms with van der Waals surface area (Å²) in [7, 11) is 1.74. The molecule has 0 aromatic heterocycles. The molecule has 2 rings (SSSR count). The lowest BCUT2D eigenvalue weighted by Crippen LogP contribution is -2.36. The number of carbonyl (C=O) groups is 1. The summed E-state index contributed by atoms with van der Waals surface area (Å²) in [4.78, 5) is 15.5. The summed E-state index contributed by atoms with van der Waals surface area (Å²) in [5.41, 5.74) is 9.08. The quantitative estimate of drug-likeness (QED) is 0.251. The highest BCUT2D eigenvalue weighted by Gasteiger charge is 2.11. The number of rotatable bonds is 9. The van der Waals surface area contributed by atoms with Gasteiger partial charge >= 0.3 is 0 Å². The predicted octanol–water partition coefficient (Wildman–Crippen LogP) is 4.39. The van der Waals surface area contributed by atoms with Gasteiger partial charge < -0.3 is 21.1 Å². The highest BCUT2D eigenvalue weighted by molar-refractivity contribution is 14.0. The Morgan fingerprint density at radius 1 is 1.06 bits per heavy atom. The molecule has 1 amide bonds. The van der Waals surface area contributed by atoms with E-state index in [-0.39, 0.29) is 30.1 Å². The second-order valence-corrected chi connectivity index (χ2v) is 8.01. The minimum absolute atomic E-state index is 0. The number of nitrogens with zero attached hydrogens (tertiary/aromatic N) is 1. The first-order chi connectivity index (χ1) is 14.3. The van der Waals surface area contributed by atoms with Gasteiger partial charge in [0.2, 0.25) is 5.91 Å². The molecule has 2 aromatic rings. The van der Waals surface area contributed by atoms with E-state index in [9.17, 15) is 4.79 Å². The Hall–Kier alpha value is -2.29. The standard InChI is InChI=1S/C24H34N4O2.HI/c1-16(2)12-18(4)30-22-13-17(3)6-9-21(22)15-28-24(26-5)27-14-19-7-10-20(11-8-19)23(25)29;/h6-11,13,16,18H,12,14-15H2,1-5H3,(H2,25,29)(H2,26,27,28);1H. The summed E-state index contributed by atoms with van der Waals surface area (Å²) in [6, 6.07) is 13.5. The first-order valence-corrected chi connectivity index (χ1v) is 10.4. The third kappa shape index (κ3) is 9.16. The number of amides is 1. The molecule has 0 saturated heterocycles. The summed E-state index contributed by atoms with van der Waals surface area (Å²) in [6.07, 6.45) is 1.17. The lowest BCUT2D eigenvalue weighted by atomic mass is 10.1. The van der Waals surface area contributed by atoms with Gasteiger partial charge in [0.05, 0.1) is 6.10 Å². The van der Waals surface area contributed by atoms with Crippen LogP contribution in [0.1, 0.15) is 54.2 Å². The molecule has 31 heavy (non-hydrogen) atoms. The van der Waals surface area contributed by atoms with Gasteiger partial charge in [0, 0.05) is 31.3 Å². The van der Waals surface area contributed by atoms with Crippen LogP contribution in [0.3, 0.4) is 0 Å². The maximum atomic E-state index is 11.2. The fourth-order valence-electron chi connectivity index (χ4n) is 3.22. The van der Waals surface area contributed by atoms with Gasteiger partial charge in [0.15, 0.2) is 5.96 Å². The van der Waals surface area contributed by atoms with Crippen molar-refractivity contribution in [1.29, 1.82) is 0 Å². The summed E-state index contributed by atoms with van der Waals surface area (Å²) in [5.74, 6) is 1.76. The molecule has 0 bridgehead atoms. The highest BCUT2D eigenvalue weighted by Crippen LogP contribution is 2.23. The van der Waals surface area contributed by atoms with Crippen molar-refractivity contribution in [3.05, 3.63) is 64.7 Å². The summed E-state index contributed by atoms with van der Waals surface area (Å²) < 4.78 is 6.22. The largest absolute Gasteiger partial charge is 0.490 e. The van der Waals surface area contributed by atoms with E-state index in [4.69, 9.17) is 10.5 Å². The zero-order valence-electron chi connectivity index (χ0n) is 19.1. The van der Waals surface area contributed by atoms with Crippen molar-refractivity contribution in [3.8, 4) is 5.75 Å². The van der Waals surface area contributed by atoms with Crippen LogP contribution in [-0.2, 0) is 13.1 Å². The smallest absolute Gasteiger partial charge is 0.248 e. The van der Waals surface area contributed by atoms with Crippen LogP contribution in [0.25, 0.3) is 0 Å². The Balaban J connectivity index is 0.00000480. The number of aryl methyl sites for hydroxylation is 1. The van der Waals surface area contributed by atoms with Crippen molar-refractivity contribution in [2.24, 2.45) is 16.6 Å². The molecule has 0 fully saturated rings. The van der Waals surface area contributed by atoms with Gasteiger partial charge in [-0.3, -0.25) is 9.79 Å². The molecule has 0 aliphatic heterocycles. The number of benzene rings is 2. The Kier molecular flexibility index (Phi) is 11.4. The lowest BCUT2D eigenvalue weighted by molar-refractivity contribution is 0.1000. The van der Waals surface area contributed by atoms with Gasteiger partial charge in [-0.2, -0.15) is 0 Å². The molecule has 0 aliphatic carbocycles. The fourth-order valence-corrected chi connectivity index (χ4v) is 3.22. The molecule has 7 heteroatoms. The second-order valence-electron chi connectivity index (χ2n) is 8.01. The molecule has 0 aliphatic rings. The van der Waals surface area contributed by atoms with Crippen molar-refractivity contribution < 1.29 is 9.53 Å². The van der Waals surface area contributed by atoms with Gasteiger partial charge in [-0.05, 0) is 55.5 Å². The van der Waals surface area contributed by atoms with E-state index in [1.807, 2.05) is 12.1 Å². The van der Waals surface area contributed by atoms with E-state index in [0.717, 1.165) is 23.3 Å². The van der Waals surface area contributed by atoms with Gasteiger partial charge in [0.1, 0.15) is 5.75 Å². The molecule has 0 heterocycles. The monoisotopic (exact) mass is 538 g/mol. The van der Waals surface area contributed by atoms with Crippen LogP contribution in [-0.4, -0.2) is 25.0 Å². The van der Waals surface area contributed by atoms with Gasteiger partial charge in [-0.1, -0.05) is 38.1 Å². The number of hydrogen-bond donors (Lipinski definition) is 3. The molecular weight excluding hydrogens is 503 g/mol. The van der Waals surface area contributed by atoms with E-state index in [1.165, 1.54) is 5.56 Å². The average molecular weight is 538 g/mol. The SMILES string of the molecule is CN=C(NCc1ccc(C(N)=O)cc1)NCc1ccc(C)cc1OC(C)CC(C)C.I. The molecule has 4 N–H and O–H groups in total. The lowest BCUT2D eigenvalue weighted by Gasteiger charge is -2.20. The molecule has 2 aromatic carbocycles. The van der Waals surface area contributed by atoms with Crippen molar-refractivity contribution >= 4 is 35.8 Å². The summed E-state index contributed by atoms with van der Waals surface area (Å²) >= 11 is 0. The topological polar surface area (TPSA) is 88.7 Å². The number of ether oxygens (including phenoxy) is 1. The van der Waals surface area contributed by atoms with E-state index in [0.29, 0.717) is 30.5 Å². The van der Waals surface area contributed by atoms with Crippen molar-refractivity contribution in [1.82, 2.24) is 10.6 Å². The maximum Gasteiger partial charge on any atom is 0.248 e. The van der Waals surface area contributed by atoms with Crippen LogP contribution >= 0.6 is 24.0 Å². The first-order valence-electron chi connectivity index (χ1n) is 10.4. The van der Waals surface area contributed by atoms with E-state index < -0.39 is 5.91 Å². The van der Waals surface area contributed by atoms with E-state index in [2.05, 4.69) is 61.5 Å². The number of hydrogen-bond acceptors (Lipinski definition) is 3. The molecular formula is C24H35IN4O2. The number of guanidine groups is 1. The summed E-state index contributed by atoms with van der Waals surface area (Å²) in [6.45, 7) is 9.78. The first kappa shape index (κ1) is 26.7.